The van der Waals surface area contributed by atoms with Crippen molar-refractivity contribution in [2.45, 2.75) is 26.2 Å². The molecule has 3 N–H and O–H groups in total. The van der Waals surface area contributed by atoms with Crippen LogP contribution in [-0.4, -0.2) is 27.4 Å². The van der Waals surface area contributed by atoms with Gasteiger partial charge >= 0.3 is 0 Å². The fourth-order valence-corrected chi connectivity index (χ4v) is 2.98. The number of hydrogen-bond donors (Lipinski definition) is 3. The second-order valence-electron chi connectivity index (χ2n) is 5.94. The summed E-state index contributed by atoms with van der Waals surface area (Å²) in [6, 6.07) is 5.09. The fourth-order valence-electron chi connectivity index (χ4n) is 1.72. The van der Waals surface area contributed by atoms with E-state index in [1.165, 1.54) is 6.21 Å². The van der Waals surface area contributed by atoms with Crippen molar-refractivity contribution >= 4 is 44.0 Å². The number of hydrazone groups is 1. The number of carbonyl (C=O) groups is 1. The lowest BCUT2D eigenvalue weighted by Gasteiger charge is -2.14. The first-order valence-corrected chi connectivity index (χ1v) is 8.34. The van der Waals surface area contributed by atoms with Crippen LogP contribution >= 0.6 is 31.9 Å². The van der Waals surface area contributed by atoms with E-state index in [0.29, 0.717) is 10.0 Å². The van der Waals surface area contributed by atoms with Crippen LogP contribution in [0.5, 0.6) is 5.75 Å². The van der Waals surface area contributed by atoms with Gasteiger partial charge in [-0.05, 0) is 34.1 Å². The van der Waals surface area contributed by atoms with Gasteiger partial charge in [0, 0.05) is 21.1 Å². The van der Waals surface area contributed by atoms with E-state index in [9.17, 15) is 9.90 Å². The van der Waals surface area contributed by atoms with Crippen LogP contribution in [-0.2, 0) is 5.41 Å². The number of nitrogens with one attached hydrogen (secondary N) is 2. The van der Waals surface area contributed by atoms with Gasteiger partial charge in [-0.3, -0.25) is 9.89 Å². The zero-order chi connectivity index (χ0) is 17.2. The highest BCUT2D eigenvalue weighted by molar-refractivity contribution is 9.11. The number of aromatic nitrogens is 2. The Bertz CT molecular complexity index is 763. The molecule has 0 aliphatic rings. The standard InChI is InChI=1S/C15H16Br2N4O2/c1-15(2,3)12-6-11(19-20-12)14(23)21-18-7-8-4-9(16)5-10(17)13(8)22/h4-7,22H,1-3H3,(H,19,20)(H,21,23)/b18-7+. The number of H-pyrrole nitrogens is 1. The second-order valence-corrected chi connectivity index (χ2v) is 7.71. The van der Waals surface area contributed by atoms with Gasteiger partial charge in [0.25, 0.3) is 5.91 Å². The lowest BCUT2D eigenvalue weighted by atomic mass is 9.92. The molecule has 0 unspecified atom stereocenters. The van der Waals surface area contributed by atoms with Crippen molar-refractivity contribution in [3.8, 4) is 5.75 Å². The molecule has 0 saturated carbocycles. The van der Waals surface area contributed by atoms with Crippen molar-refractivity contribution in [2.75, 3.05) is 0 Å². The molecule has 8 heteroatoms. The highest BCUT2D eigenvalue weighted by Crippen LogP contribution is 2.30. The van der Waals surface area contributed by atoms with Gasteiger partial charge in [-0.1, -0.05) is 36.7 Å². The van der Waals surface area contributed by atoms with Gasteiger partial charge in [-0.2, -0.15) is 10.2 Å². The minimum absolute atomic E-state index is 0.0426. The maximum atomic E-state index is 12.0. The van der Waals surface area contributed by atoms with Crippen LogP contribution in [0.25, 0.3) is 0 Å². The summed E-state index contributed by atoms with van der Waals surface area (Å²) in [5.41, 5.74) is 3.84. The van der Waals surface area contributed by atoms with Crippen LogP contribution in [0.2, 0.25) is 0 Å². The van der Waals surface area contributed by atoms with Gasteiger partial charge in [0.15, 0.2) is 5.69 Å². The Hall–Kier alpha value is -1.67. The number of phenolic OH excluding ortho intramolecular Hbond substituents is 1. The molecule has 0 bridgehead atoms. The number of halogens is 2. The molecular formula is C15H16Br2N4O2. The minimum Gasteiger partial charge on any atom is -0.506 e. The van der Waals surface area contributed by atoms with Gasteiger partial charge in [0.1, 0.15) is 5.75 Å². The van der Waals surface area contributed by atoms with E-state index in [2.05, 4.69) is 52.6 Å². The summed E-state index contributed by atoms with van der Waals surface area (Å²) in [5.74, 6) is -0.387. The van der Waals surface area contributed by atoms with Crippen LogP contribution in [0.15, 0.2) is 32.2 Å². The number of nitrogens with zero attached hydrogens (tertiary/aromatic N) is 2. The molecule has 122 valence electrons. The topological polar surface area (TPSA) is 90.4 Å². The largest absolute Gasteiger partial charge is 0.506 e. The SMILES string of the molecule is CC(C)(C)c1cc(C(=O)N/N=C/c2cc(Br)cc(Br)c2O)n[nH]1. The monoisotopic (exact) mass is 442 g/mol. The van der Waals surface area contributed by atoms with Crippen LogP contribution in [0.1, 0.15) is 42.5 Å². The average Bonchev–Trinajstić information content (AvgIpc) is 2.93. The summed E-state index contributed by atoms with van der Waals surface area (Å²) < 4.78 is 1.30. The molecule has 2 aromatic rings. The lowest BCUT2D eigenvalue weighted by Crippen LogP contribution is -2.18. The van der Waals surface area contributed by atoms with Crippen molar-refractivity contribution in [2.24, 2.45) is 5.10 Å². The Morgan fingerprint density at radius 1 is 1.35 bits per heavy atom. The number of hydrogen-bond acceptors (Lipinski definition) is 4. The van der Waals surface area contributed by atoms with Gasteiger partial charge < -0.3 is 5.11 Å². The molecule has 0 saturated heterocycles. The Morgan fingerprint density at radius 2 is 2.04 bits per heavy atom. The van der Waals surface area contributed by atoms with E-state index in [0.717, 1.165) is 10.2 Å². The van der Waals surface area contributed by atoms with Crippen LogP contribution in [0, 0.1) is 0 Å². The Morgan fingerprint density at radius 3 is 2.65 bits per heavy atom. The maximum absolute atomic E-state index is 12.0. The van der Waals surface area contributed by atoms with Crippen LogP contribution < -0.4 is 5.43 Å². The van der Waals surface area contributed by atoms with E-state index in [1.54, 1.807) is 18.2 Å². The third kappa shape index (κ3) is 4.42. The highest BCUT2D eigenvalue weighted by atomic mass is 79.9. The summed E-state index contributed by atoms with van der Waals surface area (Å²) in [6.07, 6.45) is 1.36. The Kier molecular flexibility index (Phi) is 5.26. The van der Waals surface area contributed by atoms with E-state index >= 15 is 0 Å². The summed E-state index contributed by atoms with van der Waals surface area (Å²) in [7, 11) is 0. The molecule has 6 nitrogen and oxygen atoms in total. The zero-order valence-corrected chi connectivity index (χ0v) is 16.0. The predicted octanol–water partition coefficient (Wildman–Crippen LogP) is 3.70. The van der Waals surface area contributed by atoms with E-state index in [1.807, 2.05) is 20.8 Å². The molecular weight excluding hydrogens is 428 g/mol. The summed E-state index contributed by atoms with van der Waals surface area (Å²) in [5, 5.41) is 20.6. The summed E-state index contributed by atoms with van der Waals surface area (Å²) >= 11 is 6.55. The van der Waals surface area contributed by atoms with E-state index in [4.69, 9.17) is 0 Å². The Labute approximate surface area is 150 Å². The molecule has 2 rings (SSSR count). The van der Waals surface area contributed by atoms with Crippen molar-refractivity contribution in [3.63, 3.8) is 0 Å². The molecule has 0 aliphatic heterocycles. The van der Waals surface area contributed by atoms with Gasteiger partial charge in [-0.15, -0.1) is 0 Å². The molecule has 0 radical (unpaired) electrons. The predicted molar refractivity (Wildman–Crippen MR) is 95.9 cm³/mol. The third-order valence-corrected chi connectivity index (χ3v) is 4.11. The first-order valence-electron chi connectivity index (χ1n) is 6.76. The fraction of sp³-hybridized carbons (Fsp3) is 0.267. The Balaban J connectivity index is 2.09. The number of rotatable bonds is 3. The van der Waals surface area contributed by atoms with Gasteiger partial charge in [0.2, 0.25) is 0 Å². The molecule has 23 heavy (non-hydrogen) atoms. The smallest absolute Gasteiger partial charge is 0.291 e. The molecule has 1 amide bonds. The van der Waals surface area contributed by atoms with E-state index < -0.39 is 5.91 Å². The second kappa shape index (κ2) is 6.84. The maximum Gasteiger partial charge on any atom is 0.291 e. The first-order chi connectivity index (χ1) is 10.7. The molecule has 1 heterocycles. The van der Waals surface area contributed by atoms with Crippen LogP contribution in [0.3, 0.4) is 0 Å². The zero-order valence-electron chi connectivity index (χ0n) is 12.8. The minimum atomic E-state index is -0.429. The van der Waals surface area contributed by atoms with Crippen molar-refractivity contribution in [1.29, 1.82) is 0 Å². The van der Waals surface area contributed by atoms with Crippen molar-refractivity contribution in [1.82, 2.24) is 15.6 Å². The number of aromatic hydroxyl groups is 1. The van der Waals surface area contributed by atoms with Crippen LogP contribution in [0.4, 0.5) is 0 Å². The summed E-state index contributed by atoms with van der Waals surface area (Å²) in [4.78, 5) is 12.0. The number of benzene rings is 1. The molecule has 0 fully saturated rings. The third-order valence-electron chi connectivity index (χ3n) is 3.05. The molecule has 1 aromatic heterocycles. The average molecular weight is 444 g/mol. The molecule has 0 aliphatic carbocycles. The summed E-state index contributed by atoms with van der Waals surface area (Å²) in [6.45, 7) is 6.07. The quantitative estimate of drug-likeness (QED) is 0.498. The number of amides is 1. The number of carbonyl (C=O) groups excluding carboxylic acids is 1. The molecule has 0 atom stereocenters. The molecule has 1 aromatic carbocycles. The van der Waals surface area contributed by atoms with Crippen molar-refractivity contribution in [3.05, 3.63) is 44.1 Å². The van der Waals surface area contributed by atoms with E-state index in [-0.39, 0.29) is 16.9 Å². The lowest BCUT2D eigenvalue weighted by molar-refractivity contribution is 0.0950. The normalized spacial score (nSPS) is 11.9. The molecule has 0 spiro atoms. The first kappa shape index (κ1) is 17.7. The highest BCUT2D eigenvalue weighted by Gasteiger charge is 2.19. The number of phenols is 1. The van der Waals surface area contributed by atoms with Gasteiger partial charge in [0.05, 0.1) is 10.7 Å². The van der Waals surface area contributed by atoms with Crippen molar-refractivity contribution < 1.29 is 9.90 Å². The van der Waals surface area contributed by atoms with Gasteiger partial charge in [-0.25, -0.2) is 5.43 Å². The number of aromatic amines is 1.